The van der Waals surface area contributed by atoms with Crippen LogP contribution in [0.5, 0.6) is 0 Å². The molecule has 0 bridgehead atoms. The van der Waals surface area contributed by atoms with E-state index < -0.39 is 11.6 Å². The Labute approximate surface area is 116 Å². The number of nitrogen functional groups attached to an aromatic ring is 1. The molecule has 1 aliphatic rings. The Hall–Kier alpha value is -1.94. The van der Waals surface area contributed by atoms with Crippen molar-refractivity contribution < 1.29 is 8.78 Å². The summed E-state index contributed by atoms with van der Waals surface area (Å²) < 4.78 is 27.4. The van der Waals surface area contributed by atoms with Gasteiger partial charge < -0.3 is 5.73 Å². The van der Waals surface area contributed by atoms with Gasteiger partial charge in [-0.25, -0.2) is 8.78 Å². The first-order valence-electron chi connectivity index (χ1n) is 6.66. The molecule has 0 radical (unpaired) electrons. The maximum absolute atomic E-state index is 13.7. The SMILES string of the molecule is Nc1cccc2c1CN(Cc1c(F)cccc1F)CC2. The lowest BCUT2D eigenvalue weighted by Gasteiger charge is -2.29. The molecule has 0 fully saturated rings. The number of anilines is 1. The Morgan fingerprint density at radius 2 is 1.75 bits per heavy atom. The van der Waals surface area contributed by atoms with Crippen LogP contribution in [0.25, 0.3) is 0 Å². The lowest BCUT2D eigenvalue weighted by atomic mass is 9.97. The second-order valence-corrected chi connectivity index (χ2v) is 5.15. The smallest absolute Gasteiger partial charge is 0.130 e. The number of fused-ring (bicyclic) bond motifs is 1. The van der Waals surface area contributed by atoms with Crippen molar-refractivity contribution in [3.63, 3.8) is 0 Å². The highest BCUT2D eigenvalue weighted by molar-refractivity contribution is 5.51. The number of hydrogen-bond donors (Lipinski definition) is 1. The zero-order valence-corrected chi connectivity index (χ0v) is 11.1. The summed E-state index contributed by atoms with van der Waals surface area (Å²) in [6, 6.07) is 9.85. The van der Waals surface area contributed by atoms with E-state index in [9.17, 15) is 8.78 Å². The van der Waals surface area contributed by atoms with Gasteiger partial charge in [0.05, 0.1) is 0 Å². The van der Waals surface area contributed by atoms with Crippen molar-refractivity contribution in [1.29, 1.82) is 0 Å². The number of halogens is 2. The second kappa shape index (κ2) is 5.21. The average molecular weight is 274 g/mol. The third kappa shape index (κ3) is 2.39. The van der Waals surface area contributed by atoms with Gasteiger partial charge in [-0.15, -0.1) is 0 Å². The molecule has 1 aliphatic heterocycles. The van der Waals surface area contributed by atoms with Crippen molar-refractivity contribution in [3.8, 4) is 0 Å². The Morgan fingerprint density at radius 3 is 2.50 bits per heavy atom. The normalized spacial score (nSPS) is 15.1. The van der Waals surface area contributed by atoms with Crippen molar-refractivity contribution in [1.82, 2.24) is 4.90 Å². The molecule has 1 heterocycles. The monoisotopic (exact) mass is 274 g/mol. The van der Waals surface area contributed by atoms with Gasteiger partial charge in [0.15, 0.2) is 0 Å². The van der Waals surface area contributed by atoms with E-state index in [4.69, 9.17) is 5.73 Å². The van der Waals surface area contributed by atoms with Crippen molar-refractivity contribution in [2.24, 2.45) is 0 Å². The first kappa shape index (κ1) is 13.1. The molecule has 0 atom stereocenters. The highest BCUT2D eigenvalue weighted by Gasteiger charge is 2.20. The van der Waals surface area contributed by atoms with Gasteiger partial charge in [0.25, 0.3) is 0 Å². The second-order valence-electron chi connectivity index (χ2n) is 5.15. The molecule has 3 rings (SSSR count). The van der Waals surface area contributed by atoms with Crippen LogP contribution in [-0.2, 0) is 19.5 Å². The topological polar surface area (TPSA) is 29.3 Å². The van der Waals surface area contributed by atoms with Crippen LogP contribution in [0.3, 0.4) is 0 Å². The molecule has 4 heteroatoms. The van der Waals surface area contributed by atoms with E-state index in [0.717, 1.165) is 24.2 Å². The van der Waals surface area contributed by atoms with Crippen molar-refractivity contribution >= 4 is 5.69 Å². The third-order valence-corrected chi connectivity index (χ3v) is 3.83. The van der Waals surface area contributed by atoms with Crippen LogP contribution in [-0.4, -0.2) is 11.4 Å². The van der Waals surface area contributed by atoms with Gasteiger partial charge in [0.2, 0.25) is 0 Å². The molecule has 0 amide bonds. The molecule has 0 saturated carbocycles. The highest BCUT2D eigenvalue weighted by atomic mass is 19.1. The van der Waals surface area contributed by atoms with Crippen LogP contribution in [0.15, 0.2) is 36.4 Å². The van der Waals surface area contributed by atoms with Gasteiger partial charge >= 0.3 is 0 Å². The first-order chi connectivity index (χ1) is 9.65. The summed E-state index contributed by atoms with van der Waals surface area (Å²) in [5.74, 6) is -0.978. The zero-order chi connectivity index (χ0) is 14.1. The van der Waals surface area contributed by atoms with E-state index in [-0.39, 0.29) is 12.1 Å². The Balaban J connectivity index is 1.83. The molecule has 0 saturated heterocycles. The fourth-order valence-electron chi connectivity index (χ4n) is 2.70. The van der Waals surface area contributed by atoms with Gasteiger partial charge in [0.1, 0.15) is 11.6 Å². The summed E-state index contributed by atoms with van der Waals surface area (Å²) in [4.78, 5) is 2.03. The van der Waals surface area contributed by atoms with E-state index in [2.05, 4.69) is 6.07 Å². The number of rotatable bonds is 2. The maximum Gasteiger partial charge on any atom is 0.130 e. The van der Waals surface area contributed by atoms with Crippen LogP contribution in [0.4, 0.5) is 14.5 Å². The van der Waals surface area contributed by atoms with Gasteiger partial charge in [0, 0.05) is 30.9 Å². The highest BCUT2D eigenvalue weighted by Crippen LogP contribution is 2.26. The minimum absolute atomic E-state index is 0.130. The molecule has 2 aromatic rings. The van der Waals surface area contributed by atoms with E-state index in [0.29, 0.717) is 6.54 Å². The number of benzene rings is 2. The summed E-state index contributed by atoms with van der Waals surface area (Å²) >= 11 is 0. The molecule has 2 N–H and O–H groups in total. The number of hydrogen-bond acceptors (Lipinski definition) is 2. The molecule has 0 aliphatic carbocycles. The Kier molecular flexibility index (Phi) is 3.40. The number of nitrogens with two attached hydrogens (primary N) is 1. The summed E-state index contributed by atoms with van der Waals surface area (Å²) in [6.45, 7) is 1.69. The van der Waals surface area contributed by atoms with E-state index in [1.54, 1.807) is 0 Å². The first-order valence-corrected chi connectivity index (χ1v) is 6.66. The fraction of sp³-hybridized carbons (Fsp3) is 0.250. The van der Waals surface area contributed by atoms with Crippen LogP contribution in [0.2, 0.25) is 0 Å². The summed E-state index contributed by atoms with van der Waals surface area (Å²) in [7, 11) is 0. The van der Waals surface area contributed by atoms with Gasteiger partial charge in [-0.3, -0.25) is 4.90 Å². The van der Waals surface area contributed by atoms with Crippen molar-refractivity contribution in [2.75, 3.05) is 12.3 Å². The standard InChI is InChI=1S/C16H16F2N2/c17-14-4-2-5-15(18)13(14)10-20-8-7-11-3-1-6-16(19)12(11)9-20/h1-6H,7-10,19H2. The quantitative estimate of drug-likeness (QED) is 0.853. The molecule has 2 nitrogen and oxygen atoms in total. The minimum atomic E-state index is -0.489. The predicted molar refractivity (Wildman–Crippen MR) is 75.0 cm³/mol. The van der Waals surface area contributed by atoms with Crippen LogP contribution >= 0.6 is 0 Å². The third-order valence-electron chi connectivity index (χ3n) is 3.83. The lowest BCUT2D eigenvalue weighted by Crippen LogP contribution is -2.31. The molecule has 104 valence electrons. The van der Waals surface area contributed by atoms with Gasteiger partial charge in [-0.05, 0) is 35.7 Å². The summed E-state index contributed by atoms with van der Waals surface area (Å²) in [5, 5.41) is 0. The number of nitrogens with zero attached hydrogens (tertiary/aromatic N) is 1. The Bertz CT molecular complexity index is 620. The fourth-order valence-corrected chi connectivity index (χ4v) is 2.70. The van der Waals surface area contributed by atoms with E-state index >= 15 is 0 Å². The van der Waals surface area contributed by atoms with Crippen LogP contribution < -0.4 is 5.73 Å². The molecule has 20 heavy (non-hydrogen) atoms. The molecule has 0 aromatic heterocycles. The molecular formula is C16H16F2N2. The van der Waals surface area contributed by atoms with Crippen molar-refractivity contribution in [2.45, 2.75) is 19.5 Å². The summed E-state index contributed by atoms with van der Waals surface area (Å²) in [5.41, 5.74) is 9.17. The van der Waals surface area contributed by atoms with E-state index in [1.807, 2.05) is 17.0 Å². The van der Waals surface area contributed by atoms with Crippen LogP contribution in [0, 0.1) is 11.6 Å². The molecular weight excluding hydrogens is 258 g/mol. The Morgan fingerprint density at radius 1 is 1.05 bits per heavy atom. The largest absolute Gasteiger partial charge is 0.398 e. The zero-order valence-electron chi connectivity index (χ0n) is 11.1. The van der Waals surface area contributed by atoms with Crippen molar-refractivity contribution in [3.05, 3.63) is 64.7 Å². The van der Waals surface area contributed by atoms with Gasteiger partial charge in [-0.1, -0.05) is 18.2 Å². The maximum atomic E-state index is 13.7. The van der Waals surface area contributed by atoms with E-state index in [1.165, 1.54) is 23.8 Å². The average Bonchev–Trinajstić information content (AvgIpc) is 2.44. The van der Waals surface area contributed by atoms with Crippen LogP contribution in [0.1, 0.15) is 16.7 Å². The minimum Gasteiger partial charge on any atom is -0.398 e. The van der Waals surface area contributed by atoms with Gasteiger partial charge in [-0.2, -0.15) is 0 Å². The molecule has 0 spiro atoms. The molecule has 0 unspecified atom stereocenters. The molecule has 2 aromatic carbocycles. The predicted octanol–water partition coefficient (Wildman–Crippen LogP) is 3.11. The lowest BCUT2D eigenvalue weighted by molar-refractivity contribution is 0.239. The summed E-state index contributed by atoms with van der Waals surface area (Å²) in [6.07, 6.45) is 0.858.